The van der Waals surface area contributed by atoms with Gasteiger partial charge in [0.15, 0.2) is 6.29 Å². The molecule has 0 radical (unpaired) electrons. The summed E-state index contributed by atoms with van der Waals surface area (Å²) in [5.74, 6) is 0. The average Bonchev–Trinajstić information content (AvgIpc) is 2.69. The first kappa shape index (κ1) is 13.1. The molecule has 0 amide bonds. The highest BCUT2D eigenvalue weighted by Crippen LogP contribution is 2.25. The first-order chi connectivity index (χ1) is 8.58. The molecule has 18 heavy (non-hydrogen) atoms. The van der Waals surface area contributed by atoms with Gasteiger partial charge in [-0.2, -0.15) is 5.10 Å². The van der Waals surface area contributed by atoms with Crippen molar-refractivity contribution in [1.82, 2.24) is 9.78 Å². The van der Waals surface area contributed by atoms with Gasteiger partial charge in [0.2, 0.25) is 0 Å². The number of aldehydes is 1. The normalized spacial score (nSPS) is 10.7. The van der Waals surface area contributed by atoms with Crippen LogP contribution in [0, 0.1) is 6.92 Å². The van der Waals surface area contributed by atoms with Crippen molar-refractivity contribution in [2.75, 3.05) is 0 Å². The van der Waals surface area contributed by atoms with E-state index < -0.39 is 0 Å². The summed E-state index contributed by atoms with van der Waals surface area (Å²) in [5, 5.41) is 5.30. The molecule has 0 aliphatic heterocycles. The van der Waals surface area contributed by atoms with E-state index in [4.69, 9.17) is 23.2 Å². The second-order valence-corrected chi connectivity index (χ2v) is 4.73. The van der Waals surface area contributed by atoms with Crippen molar-refractivity contribution in [1.29, 1.82) is 0 Å². The van der Waals surface area contributed by atoms with Gasteiger partial charge in [-0.05, 0) is 31.0 Å². The van der Waals surface area contributed by atoms with Crippen LogP contribution >= 0.6 is 23.2 Å². The van der Waals surface area contributed by atoms with Crippen LogP contribution in [0.25, 0.3) is 5.69 Å². The van der Waals surface area contributed by atoms with Gasteiger partial charge in [0.05, 0.1) is 16.9 Å². The third-order valence-corrected chi connectivity index (χ3v) is 3.56. The minimum Gasteiger partial charge on any atom is -0.298 e. The van der Waals surface area contributed by atoms with Gasteiger partial charge in [-0.1, -0.05) is 36.2 Å². The number of aryl methyl sites for hydroxylation is 2. The highest BCUT2D eigenvalue weighted by atomic mass is 35.5. The molecule has 0 saturated heterocycles. The lowest BCUT2D eigenvalue weighted by molar-refractivity contribution is 0.112. The zero-order valence-corrected chi connectivity index (χ0v) is 11.6. The van der Waals surface area contributed by atoms with Crippen molar-refractivity contribution in [3.63, 3.8) is 0 Å². The third kappa shape index (κ3) is 2.16. The standard InChI is InChI=1S/C13H12Cl2N2O/c1-3-12-10(7-18)13(15)17(16-12)9-5-4-8(2)11(14)6-9/h4-7H,3H2,1-2H3. The molecule has 0 N–H and O–H groups in total. The van der Waals surface area contributed by atoms with E-state index in [1.807, 2.05) is 26.0 Å². The summed E-state index contributed by atoms with van der Waals surface area (Å²) in [5.41, 5.74) is 2.86. The van der Waals surface area contributed by atoms with E-state index in [0.29, 0.717) is 27.9 Å². The molecule has 0 aliphatic rings. The Morgan fingerprint density at radius 1 is 1.39 bits per heavy atom. The van der Waals surface area contributed by atoms with Gasteiger partial charge in [0, 0.05) is 5.02 Å². The maximum absolute atomic E-state index is 11.0. The van der Waals surface area contributed by atoms with E-state index in [-0.39, 0.29) is 0 Å². The lowest BCUT2D eigenvalue weighted by Gasteiger charge is -2.05. The van der Waals surface area contributed by atoms with E-state index in [0.717, 1.165) is 17.5 Å². The van der Waals surface area contributed by atoms with E-state index in [1.54, 1.807) is 6.07 Å². The molecule has 1 heterocycles. The number of rotatable bonds is 3. The highest BCUT2D eigenvalue weighted by molar-refractivity contribution is 6.32. The Kier molecular flexibility index (Phi) is 3.73. The molecule has 3 nitrogen and oxygen atoms in total. The predicted octanol–water partition coefficient (Wildman–Crippen LogP) is 3.86. The maximum Gasteiger partial charge on any atom is 0.155 e. The Morgan fingerprint density at radius 2 is 2.11 bits per heavy atom. The molecule has 2 rings (SSSR count). The summed E-state index contributed by atoms with van der Waals surface area (Å²) < 4.78 is 1.54. The smallest absolute Gasteiger partial charge is 0.155 e. The number of hydrogen-bond donors (Lipinski definition) is 0. The Morgan fingerprint density at radius 3 is 2.61 bits per heavy atom. The Bertz CT molecular complexity index is 605. The highest BCUT2D eigenvalue weighted by Gasteiger charge is 2.15. The summed E-state index contributed by atoms with van der Waals surface area (Å²) in [7, 11) is 0. The van der Waals surface area contributed by atoms with Gasteiger partial charge < -0.3 is 0 Å². The first-order valence-electron chi connectivity index (χ1n) is 5.57. The van der Waals surface area contributed by atoms with Gasteiger partial charge in [0.1, 0.15) is 5.15 Å². The molecule has 94 valence electrons. The molecule has 0 atom stereocenters. The van der Waals surface area contributed by atoms with Gasteiger partial charge in [-0.25, -0.2) is 4.68 Å². The number of hydrogen-bond acceptors (Lipinski definition) is 2. The van der Waals surface area contributed by atoms with Crippen molar-refractivity contribution in [3.8, 4) is 5.69 Å². The van der Waals surface area contributed by atoms with Crippen LogP contribution in [0.1, 0.15) is 28.5 Å². The second kappa shape index (κ2) is 5.12. The molecule has 5 heteroatoms. The monoisotopic (exact) mass is 282 g/mol. The van der Waals surface area contributed by atoms with Crippen LogP contribution in [0.2, 0.25) is 10.2 Å². The minimum atomic E-state index is 0.321. The molecular formula is C13H12Cl2N2O. The first-order valence-corrected chi connectivity index (χ1v) is 6.33. The van der Waals surface area contributed by atoms with Crippen molar-refractivity contribution in [3.05, 3.63) is 45.2 Å². The number of carbonyl (C=O) groups excluding carboxylic acids is 1. The van der Waals surface area contributed by atoms with Crippen LogP contribution in [-0.2, 0) is 6.42 Å². The van der Waals surface area contributed by atoms with Gasteiger partial charge in [-0.15, -0.1) is 0 Å². The van der Waals surface area contributed by atoms with Crippen molar-refractivity contribution >= 4 is 29.5 Å². The molecule has 2 aromatic rings. The summed E-state index contributed by atoms with van der Waals surface area (Å²) >= 11 is 12.2. The predicted molar refractivity (Wildman–Crippen MR) is 73.1 cm³/mol. The number of aromatic nitrogens is 2. The third-order valence-electron chi connectivity index (χ3n) is 2.79. The average molecular weight is 283 g/mol. The Labute approximate surface area is 115 Å². The molecule has 0 bridgehead atoms. The lowest BCUT2D eigenvalue weighted by atomic mass is 10.2. The minimum absolute atomic E-state index is 0.321. The van der Waals surface area contributed by atoms with Crippen molar-refractivity contribution in [2.45, 2.75) is 20.3 Å². The van der Waals surface area contributed by atoms with Crippen LogP contribution in [0.4, 0.5) is 0 Å². The van der Waals surface area contributed by atoms with Crippen LogP contribution in [0.3, 0.4) is 0 Å². The molecule has 0 unspecified atom stereocenters. The van der Waals surface area contributed by atoms with Crippen LogP contribution < -0.4 is 0 Å². The number of carbonyl (C=O) groups is 1. The summed E-state index contributed by atoms with van der Waals surface area (Å²) in [6.45, 7) is 3.85. The zero-order valence-electron chi connectivity index (χ0n) is 10.1. The molecule has 1 aromatic carbocycles. The Balaban J connectivity index is 2.60. The fourth-order valence-corrected chi connectivity index (χ4v) is 2.18. The van der Waals surface area contributed by atoms with Gasteiger partial charge in [0.25, 0.3) is 0 Å². The number of nitrogens with zero attached hydrogens (tertiary/aromatic N) is 2. The maximum atomic E-state index is 11.0. The zero-order chi connectivity index (χ0) is 13.3. The second-order valence-electron chi connectivity index (χ2n) is 3.97. The summed E-state index contributed by atoms with van der Waals surface area (Å²) in [6, 6.07) is 5.54. The van der Waals surface area contributed by atoms with Crippen molar-refractivity contribution < 1.29 is 4.79 Å². The van der Waals surface area contributed by atoms with Crippen LogP contribution in [0.15, 0.2) is 18.2 Å². The topological polar surface area (TPSA) is 34.9 Å². The Hall–Kier alpha value is -1.32. The molecule has 0 aliphatic carbocycles. The molecular weight excluding hydrogens is 271 g/mol. The summed E-state index contributed by atoms with van der Waals surface area (Å²) in [6.07, 6.45) is 1.39. The van der Waals surface area contributed by atoms with E-state index in [2.05, 4.69) is 5.10 Å². The number of halogens is 2. The fourth-order valence-electron chi connectivity index (χ4n) is 1.71. The van der Waals surface area contributed by atoms with Crippen LogP contribution in [-0.4, -0.2) is 16.1 Å². The van der Waals surface area contributed by atoms with E-state index in [9.17, 15) is 4.79 Å². The number of benzene rings is 1. The fraction of sp³-hybridized carbons (Fsp3) is 0.231. The van der Waals surface area contributed by atoms with E-state index in [1.165, 1.54) is 4.68 Å². The summed E-state index contributed by atoms with van der Waals surface area (Å²) in [4.78, 5) is 11.0. The van der Waals surface area contributed by atoms with Gasteiger partial charge >= 0.3 is 0 Å². The molecule has 0 saturated carbocycles. The molecule has 1 aromatic heterocycles. The van der Waals surface area contributed by atoms with E-state index >= 15 is 0 Å². The molecule has 0 fully saturated rings. The quantitative estimate of drug-likeness (QED) is 0.802. The van der Waals surface area contributed by atoms with Crippen molar-refractivity contribution in [2.24, 2.45) is 0 Å². The largest absolute Gasteiger partial charge is 0.298 e. The van der Waals surface area contributed by atoms with Gasteiger partial charge in [-0.3, -0.25) is 4.79 Å². The molecule has 0 spiro atoms. The van der Waals surface area contributed by atoms with Crippen LogP contribution in [0.5, 0.6) is 0 Å². The SMILES string of the molecule is CCc1nn(-c2ccc(C)c(Cl)c2)c(Cl)c1C=O. The lowest BCUT2D eigenvalue weighted by Crippen LogP contribution is -1.97.